The van der Waals surface area contributed by atoms with Gasteiger partial charge >= 0.3 is 0 Å². The van der Waals surface area contributed by atoms with Crippen LogP contribution in [-0.4, -0.2) is 65.7 Å². The fraction of sp³-hybridized carbons (Fsp3) is 1.00. The molecule has 0 amide bonds. The maximum atomic E-state index is 10.4. The van der Waals surface area contributed by atoms with Crippen LogP contribution in [-0.2, 0) is 0 Å². The van der Waals surface area contributed by atoms with E-state index in [1.165, 1.54) is 0 Å². The molecule has 1 saturated heterocycles. The van der Waals surface area contributed by atoms with Crippen molar-refractivity contribution >= 4 is 0 Å². The smallest absolute Gasteiger partial charge is 0.174 e. The molecule has 96 valence electrons. The Balaban J connectivity index is 2.60. The highest BCUT2D eigenvalue weighted by Crippen LogP contribution is 2.24. The van der Waals surface area contributed by atoms with Crippen molar-refractivity contribution in [2.75, 3.05) is 39.8 Å². The first-order valence-electron chi connectivity index (χ1n) is 6.08. The summed E-state index contributed by atoms with van der Waals surface area (Å²) in [6.45, 7) is 5.49. The van der Waals surface area contributed by atoms with Crippen molar-refractivity contribution in [3.63, 3.8) is 0 Å². The topological polar surface area (TPSA) is 73.0 Å². The Hall–Kier alpha value is -0.200. The van der Waals surface area contributed by atoms with Crippen LogP contribution in [0.4, 0.5) is 0 Å². The van der Waals surface area contributed by atoms with Crippen LogP contribution in [0.1, 0.15) is 19.8 Å². The van der Waals surface area contributed by atoms with E-state index in [1.54, 1.807) is 0 Å². The Bertz CT molecular complexity index is 203. The van der Waals surface area contributed by atoms with Gasteiger partial charge in [0.25, 0.3) is 0 Å². The van der Waals surface area contributed by atoms with Gasteiger partial charge in [-0.1, -0.05) is 6.92 Å². The molecular weight excluding hydrogens is 206 g/mol. The van der Waals surface area contributed by atoms with Gasteiger partial charge in [0.15, 0.2) is 5.85 Å². The van der Waals surface area contributed by atoms with Gasteiger partial charge in [-0.2, -0.15) is 0 Å². The Morgan fingerprint density at radius 2 is 1.88 bits per heavy atom. The summed E-state index contributed by atoms with van der Waals surface area (Å²) in [6, 6.07) is 0. The SMILES string of the molecule is CCC(CCO)C(N)(O)N1CCN(C)CC1. The third-order valence-corrected chi connectivity index (χ3v) is 3.58. The van der Waals surface area contributed by atoms with Gasteiger partial charge in [0.1, 0.15) is 0 Å². The second kappa shape index (κ2) is 5.93. The van der Waals surface area contributed by atoms with E-state index in [0.29, 0.717) is 6.42 Å². The number of likely N-dealkylation sites (N-methyl/N-ethyl adjacent to an activating group) is 1. The fourth-order valence-corrected chi connectivity index (χ4v) is 2.30. The van der Waals surface area contributed by atoms with Crippen molar-refractivity contribution in [3.8, 4) is 0 Å². The lowest BCUT2D eigenvalue weighted by Gasteiger charge is -2.45. The fourth-order valence-electron chi connectivity index (χ4n) is 2.30. The number of nitrogens with two attached hydrogens (primary N) is 1. The highest BCUT2D eigenvalue weighted by Gasteiger charge is 2.38. The molecule has 1 rings (SSSR count). The minimum Gasteiger partial charge on any atom is -0.396 e. The van der Waals surface area contributed by atoms with Crippen molar-refractivity contribution in [2.45, 2.75) is 25.6 Å². The van der Waals surface area contributed by atoms with Crippen LogP contribution >= 0.6 is 0 Å². The molecule has 1 heterocycles. The van der Waals surface area contributed by atoms with Crippen LogP contribution in [0, 0.1) is 5.92 Å². The van der Waals surface area contributed by atoms with Crippen LogP contribution in [0.15, 0.2) is 0 Å². The molecule has 0 aromatic carbocycles. The lowest BCUT2D eigenvalue weighted by Crippen LogP contribution is -2.65. The van der Waals surface area contributed by atoms with E-state index in [4.69, 9.17) is 10.8 Å². The largest absolute Gasteiger partial charge is 0.396 e. The Morgan fingerprint density at radius 3 is 2.31 bits per heavy atom. The van der Waals surface area contributed by atoms with E-state index in [9.17, 15) is 5.11 Å². The van der Waals surface area contributed by atoms with Crippen LogP contribution in [0.25, 0.3) is 0 Å². The molecule has 0 bridgehead atoms. The molecule has 0 aliphatic carbocycles. The first-order valence-corrected chi connectivity index (χ1v) is 6.08. The standard InChI is InChI=1S/C11H25N3O2/c1-3-10(4-9-15)11(12,16)14-7-5-13(2)6-8-14/h10,15-16H,3-9,12H2,1-2H3. The van der Waals surface area contributed by atoms with Crippen molar-refractivity contribution in [1.82, 2.24) is 9.80 Å². The second-order valence-corrected chi connectivity index (χ2v) is 4.69. The lowest BCUT2D eigenvalue weighted by atomic mass is 9.95. The molecule has 2 unspecified atom stereocenters. The summed E-state index contributed by atoms with van der Waals surface area (Å²) in [5.74, 6) is -1.35. The molecule has 1 fully saturated rings. The second-order valence-electron chi connectivity index (χ2n) is 4.69. The van der Waals surface area contributed by atoms with E-state index in [-0.39, 0.29) is 12.5 Å². The molecule has 0 saturated carbocycles. The molecule has 0 radical (unpaired) electrons. The number of hydrogen-bond acceptors (Lipinski definition) is 5. The molecule has 0 aromatic rings. The summed E-state index contributed by atoms with van der Waals surface area (Å²) >= 11 is 0. The van der Waals surface area contributed by atoms with Gasteiger partial charge in [0.05, 0.1) is 0 Å². The molecule has 16 heavy (non-hydrogen) atoms. The van der Waals surface area contributed by atoms with Gasteiger partial charge < -0.3 is 15.1 Å². The number of aliphatic hydroxyl groups is 2. The zero-order valence-electron chi connectivity index (χ0n) is 10.4. The van der Waals surface area contributed by atoms with E-state index < -0.39 is 5.85 Å². The van der Waals surface area contributed by atoms with E-state index in [1.807, 2.05) is 11.8 Å². The minimum atomic E-state index is -1.28. The minimum absolute atomic E-state index is 0.0686. The van der Waals surface area contributed by atoms with Crippen molar-refractivity contribution in [2.24, 2.45) is 11.7 Å². The number of hydrogen-bond donors (Lipinski definition) is 3. The maximum Gasteiger partial charge on any atom is 0.174 e. The monoisotopic (exact) mass is 231 g/mol. The average Bonchev–Trinajstić information content (AvgIpc) is 2.26. The van der Waals surface area contributed by atoms with E-state index in [0.717, 1.165) is 32.6 Å². The Labute approximate surface area is 97.8 Å². The summed E-state index contributed by atoms with van der Waals surface area (Å²) in [5, 5.41) is 19.4. The third-order valence-electron chi connectivity index (χ3n) is 3.58. The summed E-state index contributed by atoms with van der Waals surface area (Å²) < 4.78 is 0. The van der Waals surface area contributed by atoms with E-state index >= 15 is 0 Å². The highest BCUT2D eigenvalue weighted by molar-refractivity contribution is 4.84. The Morgan fingerprint density at radius 1 is 1.31 bits per heavy atom. The first-order chi connectivity index (χ1) is 7.52. The van der Waals surface area contributed by atoms with Gasteiger partial charge in [-0.05, 0) is 19.9 Å². The molecule has 0 spiro atoms. The van der Waals surface area contributed by atoms with Crippen molar-refractivity contribution in [3.05, 3.63) is 0 Å². The van der Waals surface area contributed by atoms with Crippen LogP contribution < -0.4 is 5.73 Å². The summed E-state index contributed by atoms with van der Waals surface area (Å²) in [5.41, 5.74) is 6.03. The molecule has 0 aromatic heterocycles. The predicted molar refractivity (Wildman–Crippen MR) is 63.7 cm³/mol. The van der Waals surface area contributed by atoms with Gasteiger partial charge in [0.2, 0.25) is 0 Å². The molecule has 5 heteroatoms. The quantitative estimate of drug-likeness (QED) is 0.543. The summed E-state index contributed by atoms with van der Waals surface area (Å²) in [4.78, 5) is 4.15. The number of piperazine rings is 1. The van der Waals surface area contributed by atoms with Crippen molar-refractivity contribution in [1.29, 1.82) is 0 Å². The first kappa shape index (κ1) is 13.9. The van der Waals surface area contributed by atoms with Gasteiger partial charge in [0, 0.05) is 38.7 Å². The third kappa shape index (κ3) is 3.15. The van der Waals surface area contributed by atoms with Gasteiger partial charge in [-0.15, -0.1) is 0 Å². The zero-order valence-corrected chi connectivity index (χ0v) is 10.4. The predicted octanol–water partition coefficient (Wildman–Crippen LogP) is -0.753. The summed E-state index contributed by atoms with van der Waals surface area (Å²) in [6.07, 6.45) is 1.33. The average molecular weight is 231 g/mol. The van der Waals surface area contributed by atoms with Gasteiger partial charge in [-0.25, -0.2) is 0 Å². The molecule has 4 N–H and O–H groups in total. The molecule has 5 nitrogen and oxygen atoms in total. The van der Waals surface area contributed by atoms with Crippen LogP contribution in [0.5, 0.6) is 0 Å². The molecule has 1 aliphatic rings. The molecular formula is C11H25N3O2. The van der Waals surface area contributed by atoms with Crippen LogP contribution in [0.2, 0.25) is 0 Å². The number of aliphatic hydroxyl groups excluding tert-OH is 1. The van der Waals surface area contributed by atoms with Crippen molar-refractivity contribution < 1.29 is 10.2 Å². The molecule has 2 atom stereocenters. The normalized spacial score (nSPS) is 25.3. The number of rotatable bonds is 5. The van der Waals surface area contributed by atoms with Crippen LogP contribution in [0.3, 0.4) is 0 Å². The van der Waals surface area contributed by atoms with E-state index in [2.05, 4.69) is 11.9 Å². The van der Waals surface area contributed by atoms with Gasteiger partial charge in [-0.3, -0.25) is 10.6 Å². The highest BCUT2D eigenvalue weighted by atomic mass is 16.3. The Kier molecular flexibility index (Phi) is 5.14. The zero-order chi connectivity index (χ0) is 12.2. The summed E-state index contributed by atoms with van der Waals surface area (Å²) in [7, 11) is 2.07. The molecule has 1 aliphatic heterocycles. The number of nitrogens with zero attached hydrogens (tertiary/aromatic N) is 2. The lowest BCUT2D eigenvalue weighted by molar-refractivity contribution is -0.161. The maximum absolute atomic E-state index is 10.4.